The number of carbonyl (C=O) groups excluding carboxylic acids is 2. The van der Waals surface area contributed by atoms with Gasteiger partial charge >= 0.3 is 18.1 Å². The van der Waals surface area contributed by atoms with E-state index in [1.807, 2.05) is 0 Å². The van der Waals surface area contributed by atoms with Crippen LogP contribution in [0.4, 0.5) is 23.2 Å². The van der Waals surface area contributed by atoms with Gasteiger partial charge in [0.2, 0.25) is 0 Å². The lowest BCUT2D eigenvalue weighted by Crippen LogP contribution is -2.21. The normalized spacial score (nSPS) is 10.6. The highest BCUT2D eigenvalue weighted by Crippen LogP contribution is 2.35. The maximum atomic E-state index is 14.1. The first-order valence-electron chi connectivity index (χ1n) is 10.1. The summed E-state index contributed by atoms with van der Waals surface area (Å²) in [6.07, 6.45) is -4.03. The fourth-order valence-electron chi connectivity index (χ4n) is 2.84. The van der Waals surface area contributed by atoms with Crippen LogP contribution in [0.1, 0.15) is 44.5 Å². The molecule has 3 aromatic rings. The van der Waals surface area contributed by atoms with E-state index in [2.05, 4.69) is 15.0 Å². The van der Waals surface area contributed by atoms with Crippen LogP contribution in [0.15, 0.2) is 54.7 Å². The lowest BCUT2D eigenvalue weighted by Gasteiger charge is -2.16. The molecule has 0 saturated carbocycles. The Hall–Kier alpha value is -4.32. The first kappa shape index (κ1) is 28.9. The van der Waals surface area contributed by atoms with Gasteiger partial charge in [-0.3, -0.25) is 20.0 Å². The standard InChI is InChI=1S/C21H12ClF4N3O3.C3H6O2/c22-13-6-3-5-12(21(24,25)26)16(13)19(30)29-15-8-10(20(31)32)9-28-18(15)17(27)11-4-1-2-7-14(11)23;1-3(4)5-2/h1-9,27H,(H,29,30)(H,31,32);1-2H3. The summed E-state index contributed by atoms with van der Waals surface area (Å²) in [6.45, 7) is 1.36. The lowest BCUT2D eigenvalue weighted by molar-refractivity contribution is -0.138. The Kier molecular flexibility index (Phi) is 9.44. The molecule has 0 spiro atoms. The van der Waals surface area contributed by atoms with Crippen molar-refractivity contribution in [1.29, 1.82) is 5.41 Å². The van der Waals surface area contributed by atoms with Crippen LogP contribution in [-0.2, 0) is 15.7 Å². The summed E-state index contributed by atoms with van der Waals surface area (Å²) in [7, 11) is 1.35. The van der Waals surface area contributed by atoms with Crippen LogP contribution >= 0.6 is 11.6 Å². The number of rotatable bonds is 5. The van der Waals surface area contributed by atoms with E-state index in [1.54, 1.807) is 0 Å². The average Bonchev–Trinajstić information content (AvgIpc) is 2.83. The second kappa shape index (κ2) is 12.1. The van der Waals surface area contributed by atoms with Crippen molar-refractivity contribution < 1.29 is 41.8 Å². The number of nitrogens with zero attached hydrogens (tertiary/aromatic N) is 1. The predicted molar refractivity (Wildman–Crippen MR) is 126 cm³/mol. The van der Waals surface area contributed by atoms with Crippen molar-refractivity contribution in [3.05, 3.63) is 93.5 Å². The van der Waals surface area contributed by atoms with Gasteiger partial charge in [0, 0.05) is 18.7 Å². The molecule has 0 radical (unpaired) electrons. The zero-order chi connectivity index (χ0) is 27.9. The number of carboxylic acids is 1. The van der Waals surface area contributed by atoms with Crippen molar-refractivity contribution in [2.24, 2.45) is 0 Å². The van der Waals surface area contributed by atoms with Gasteiger partial charge in [-0.05, 0) is 30.3 Å². The van der Waals surface area contributed by atoms with Crippen molar-refractivity contribution in [3.8, 4) is 0 Å². The second-order valence-electron chi connectivity index (χ2n) is 7.09. The van der Waals surface area contributed by atoms with E-state index in [0.717, 1.165) is 30.5 Å². The second-order valence-corrected chi connectivity index (χ2v) is 7.50. The summed E-state index contributed by atoms with van der Waals surface area (Å²) >= 11 is 5.83. The SMILES string of the molecule is COC(C)=O.N=C(c1ccccc1F)c1ncc(C(=O)O)cc1NC(=O)c1c(Cl)cccc1C(F)(F)F. The highest BCUT2D eigenvalue weighted by atomic mass is 35.5. The Balaban J connectivity index is 0.000000877. The van der Waals surface area contributed by atoms with Crippen LogP contribution in [0, 0.1) is 11.2 Å². The van der Waals surface area contributed by atoms with E-state index >= 15 is 0 Å². The number of esters is 1. The Labute approximate surface area is 212 Å². The van der Waals surface area contributed by atoms with Gasteiger partial charge < -0.3 is 15.2 Å². The zero-order valence-corrected chi connectivity index (χ0v) is 19.9. The maximum absolute atomic E-state index is 14.1. The molecule has 0 fully saturated rings. The number of pyridine rings is 1. The monoisotopic (exact) mass is 539 g/mol. The minimum atomic E-state index is -4.90. The van der Waals surface area contributed by atoms with E-state index in [-0.39, 0.29) is 17.2 Å². The number of anilines is 1. The molecule has 0 atom stereocenters. The van der Waals surface area contributed by atoms with Crippen LogP contribution in [0.25, 0.3) is 0 Å². The highest BCUT2D eigenvalue weighted by Gasteiger charge is 2.36. The molecular formula is C24H18ClF4N3O5. The molecule has 0 aliphatic carbocycles. The molecule has 0 saturated heterocycles. The molecule has 1 amide bonds. The van der Waals surface area contributed by atoms with E-state index in [4.69, 9.17) is 17.0 Å². The number of halogens is 5. The third-order valence-electron chi connectivity index (χ3n) is 4.60. The summed E-state index contributed by atoms with van der Waals surface area (Å²) in [5, 5.41) is 19.1. The van der Waals surface area contributed by atoms with Gasteiger partial charge in [-0.2, -0.15) is 13.2 Å². The molecule has 1 aromatic heterocycles. The number of benzene rings is 2. The predicted octanol–water partition coefficient (Wildman–Crippen LogP) is 5.44. The van der Waals surface area contributed by atoms with Crippen molar-refractivity contribution in [1.82, 2.24) is 4.98 Å². The molecule has 3 N–H and O–H groups in total. The first-order chi connectivity index (χ1) is 17.3. The van der Waals surface area contributed by atoms with Crippen LogP contribution in [0.3, 0.4) is 0 Å². The van der Waals surface area contributed by atoms with Crippen LogP contribution in [-0.4, -0.2) is 40.8 Å². The molecule has 0 bridgehead atoms. The molecular weight excluding hydrogens is 522 g/mol. The number of alkyl halides is 3. The summed E-state index contributed by atoms with van der Waals surface area (Å²) in [4.78, 5) is 37.5. The fraction of sp³-hybridized carbons (Fsp3) is 0.125. The summed E-state index contributed by atoms with van der Waals surface area (Å²) in [6, 6.07) is 8.83. The number of carboxylic acid groups (broad SMARTS) is 1. The van der Waals surface area contributed by atoms with Gasteiger partial charge in [0.15, 0.2) is 0 Å². The molecule has 13 heteroatoms. The van der Waals surface area contributed by atoms with E-state index in [0.29, 0.717) is 6.07 Å². The Bertz CT molecular complexity index is 1360. The molecule has 0 aliphatic rings. The zero-order valence-electron chi connectivity index (χ0n) is 19.1. The smallest absolute Gasteiger partial charge is 0.417 e. The fourth-order valence-corrected chi connectivity index (χ4v) is 3.10. The molecule has 3 rings (SSSR count). The first-order valence-corrected chi connectivity index (χ1v) is 10.4. The average molecular weight is 540 g/mol. The third-order valence-corrected chi connectivity index (χ3v) is 4.91. The molecule has 194 valence electrons. The maximum Gasteiger partial charge on any atom is 0.417 e. The van der Waals surface area contributed by atoms with Gasteiger partial charge in [-0.25, -0.2) is 9.18 Å². The van der Waals surface area contributed by atoms with Crippen molar-refractivity contribution in [2.75, 3.05) is 12.4 Å². The number of aromatic nitrogens is 1. The van der Waals surface area contributed by atoms with Crippen LogP contribution in [0.2, 0.25) is 5.02 Å². The molecule has 8 nitrogen and oxygen atoms in total. The molecule has 0 aliphatic heterocycles. The summed E-state index contributed by atoms with van der Waals surface area (Å²) < 4.78 is 58.3. The highest BCUT2D eigenvalue weighted by molar-refractivity contribution is 6.34. The number of ether oxygens (including phenoxy) is 1. The number of hydrogen-bond donors (Lipinski definition) is 3. The summed E-state index contributed by atoms with van der Waals surface area (Å²) in [5.74, 6) is -3.78. The van der Waals surface area contributed by atoms with Gasteiger partial charge in [-0.15, -0.1) is 0 Å². The number of amides is 1. The van der Waals surface area contributed by atoms with E-state index in [9.17, 15) is 37.1 Å². The molecule has 0 unspecified atom stereocenters. The lowest BCUT2D eigenvalue weighted by atomic mass is 10.0. The van der Waals surface area contributed by atoms with E-state index < -0.39 is 57.0 Å². The van der Waals surface area contributed by atoms with E-state index in [1.165, 1.54) is 32.2 Å². The molecule has 37 heavy (non-hydrogen) atoms. The molecule has 1 heterocycles. The number of carbonyl (C=O) groups is 3. The van der Waals surface area contributed by atoms with Crippen molar-refractivity contribution >= 4 is 40.8 Å². The number of nitrogens with one attached hydrogen (secondary N) is 2. The number of aromatic carboxylic acids is 1. The summed E-state index contributed by atoms with van der Waals surface area (Å²) in [5.41, 5.74) is -4.12. The van der Waals surface area contributed by atoms with Crippen LogP contribution in [0.5, 0.6) is 0 Å². The Morgan fingerprint density at radius 1 is 1.11 bits per heavy atom. The van der Waals surface area contributed by atoms with Gasteiger partial charge in [0.1, 0.15) is 11.5 Å². The third kappa shape index (κ3) is 7.34. The van der Waals surface area contributed by atoms with Crippen molar-refractivity contribution in [3.63, 3.8) is 0 Å². The minimum Gasteiger partial charge on any atom is -0.478 e. The quantitative estimate of drug-likeness (QED) is 0.225. The van der Waals surface area contributed by atoms with Crippen LogP contribution < -0.4 is 5.32 Å². The van der Waals surface area contributed by atoms with Crippen molar-refractivity contribution in [2.45, 2.75) is 13.1 Å². The largest absolute Gasteiger partial charge is 0.478 e. The Morgan fingerprint density at radius 2 is 1.73 bits per heavy atom. The number of hydrogen-bond acceptors (Lipinski definition) is 6. The van der Waals surface area contributed by atoms with Gasteiger partial charge in [0.05, 0.1) is 40.2 Å². The van der Waals surface area contributed by atoms with Gasteiger partial charge in [0.25, 0.3) is 5.91 Å². The number of methoxy groups -OCH3 is 1. The topological polar surface area (TPSA) is 129 Å². The van der Waals surface area contributed by atoms with Gasteiger partial charge in [-0.1, -0.05) is 29.8 Å². The minimum absolute atomic E-state index is 0.215. The Morgan fingerprint density at radius 3 is 2.27 bits per heavy atom. The molecule has 2 aromatic carbocycles.